The van der Waals surface area contributed by atoms with Crippen LogP contribution in [-0.4, -0.2) is 11.2 Å². The van der Waals surface area contributed by atoms with Gasteiger partial charge in [-0.2, -0.15) is 0 Å². The Labute approximate surface area is 116 Å². The molecule has 2 nitrogen and oxygen atoms in total. The lowest BCUT2D eigenvalue weighted by Crippen LogP contribution is -2.18. The van der Waals surface area contributed by atoms with Crippen molar-refractivity contribution in [3.05, 3.63) is 22.8 Å². The van der Waals surface area contributed by atoms with Crippen LogP contribution in [-0.2, 0) is 17.3 Å². The predicted octanol–water partition coefficient (Wildman–Crippen LogP) is 4.31. The van der Waals surface area contributed by atoms with Gasteiger partial charge in [0.15, 0.2) is 0 Å². The standard InChI is InChI=1S/C17H26O2/c1-10-8-11-13(19-10)9-12(16(2,3)4)15(18)14(11)17(5,6)7/h9-10,18H,8H2,1-7H3. The first-order valence-electron chi connectivity index (χ1n) is 7.08. The van der Waals surface area contributed by atoms with E-state index in [1.807, 2.05) is 6.07 Å². The van der Waals surface area contributed by atoms with Crippen LogP contribution >= 0.6 is 0 Å². The van der Waals surface area contributed by atoms with Gasteiger partial charge in [-0.3, -0.25) is 0 Å². The molecule has 1 aliphatic rings. The molecule has 1 atom stereocenters. The van der Waals surface area contributed by atoms with Crippen molar-refractivity contribution in [3.63, 3.8) is 0 Å². The lowest BCUT2D eigenvalue weighted by Gasteiger charge is -2.29. The van der Waals surface area contributed by atoms with Gasteiger partial charge < -0.3 is 9.84 Å². The Morgan fingerprint density at radius 3 is 2.16 bits per heavy atom. The van der Waals surface area contributed by atoms with Gasteiger partial charge in [-0.05, 0) is 23.8 Å². The van der Waals surface area contributed by atoms with Gasteiger partial charge in [-0.1, -0.05) is 41.5 Å². The van der Waals surface area contributed by atoms with E-state index in [0.29, 0.717) is 5.75 Å². The second kappa shape index (κ2) is 4.16. The molecule has 0 saturated carbocycles. The smallest absolute Gasteiger partial charge is 0.123 e. The molecule has 1 unspecified atom stereocenters. The van der Waals surface area contributed by atoms with E-state index in [1.165, 1.54) is 5.56 Å². The van der Waals surface area contributed by atoms with Crippen LogP contribution in [0.3, 0.4) is 0 Å². The molecule has 1 aromatic carbocycles. The fraction of sp³-hybridized carbons (Fsp3) is 0.647. The zero-order valence-electron chi connectivity index (χ0n) is 13.2. The van der Waals surface area contributed by atoms with E-state index in [4.69, 9.17) is 4.74 Å². The van der Waals surface area contributed by atoms with Crippen molar-refractivity contribution in [1.29, 1.82) is 0 Å². The third kappa shape index (κ3) is 2.45. The van der Waals surface area contributed by atoms with Gasteiger partial charge in [-0.15, -0.1) is 0 Å². The van der Waals surface area contributed by atoms with Crippen LogP contribution < -0.4 is 4.74 Å². The lowest BCUT2D eigenvalue weighted by molar-refractivity contribution is 0.254. The zero-order valence-corrected chi connectivity index (χ0v) is 13.2. The van der Waals surface area contributed by atoms with Gasteiger partial charge in [0.1, 0.15) is 17.6 Å². The van der Waals surface area contributed by atoms with Gasteiger partial charge in [0.05, 0.1) is 0 Å². The molecule has 0 aliphatic carbocycles. The number of hydrogen-bond donors (Lipinski definition) is 1. The molecule has 1 heterocycles. The Morgan fingerprint density at radius 1 is 1.11 bits per heavy atom. The zero-order chi connectivity index (χ0) is 14.6. The van der Waals surface area contributed by atoms with Crippen molar-refractivity contribution in [1.82, 2.24) is 0 Å². The quantitative estimate of drug-likeness (QED) is 0.755. The van der Waals surface area contributed by atoms with E-state index in [9.17, 15) is 5.11 Å². The lowest BCUT2D eigenvalue weighted by atomic mass is 9.76. The van der Waals surface area contributed by atoms with Crippen LogP contribution in [0.5, 0.6) is 11.5 Å². The molecule has 0 aromatic heterocycles. The summed E-state index contributed by atoms with van der Waals surface area (Å²) in [5.41, 5.74) is 3.05. The monoisotopic (exact) mass is 262 g/mol. The maximum Gasteiger partial charge on any atom is 0.123 e. The van der Waals surface area contributed by atoms with E-state index in [1.54, 1.807) is 0 Å². The van der Waals surface area contributed by atoms with Crippen LogP contribution in [0.15, 0.2) is 6.07 Å². The second-order valence-electron chi connectivity index (χ2n) is 7.76. The Morgan fingerprint density at radius 2 is 1.68 bits per heavy atom. The summed E-state index contributed by atoms with van der Waals surface area (Å²) in [5, 5.41) is 10.8. The minimum atomic E-state index is -0.0890. The third-order valence-corrected chi connectivity index (χ3v) is 3.74. The minimum Gasteiger partial charge on any atom is -0.507 e. The molecule has 1 aliphatic heterocycles. The summed E-state index contributed by atoms with van der Waals surface area (Å²) in [7, 11) is 0. The van der Waals surface area contributed by atoms with E-state index < -0.39 is 0 Å². The largest absolute Gasteiger partial charge is 0.507 e. The molecule has 19 heavy (non-hydrogen) atoms. The fourth-order valence-corrected chi connectivity index (χ4v) is 2.92. The van der Waals surface area contributed by atoms with Crippen molar-refractivity contribution in [2.75, 3.05) is 0 Å². The van der Waals surface area contributed by atoms with Crippen molar-refractivity contribution in [3.8, 4) is 11.5 Å². The van der Waals surface area contributed by atoms with E-state index in [2.05, 4.69) is 48.5 Å². The number of benzene rings is 1. The number of hydrogen-bond acceptors (Lipinski definition) is 2. The highest BCUT2D eigenvalue weighted by atomic mass is 16.5. The number of rotatable bonds is 0. The Balaban J connectivity index is 2.75. The minimum absolute atomic E-state index is 0.0805. The number of aromatic hydroxyl groups is 1. The summed E-state index contributed by atoms with van der Waals surface area (Å²) in [4.78, 5) is 0. The maximum atomic E-state index is 10.8. The molecule has 0 bridgehead atoms. The molecule has 1 aromatic rings. The highest BCUT2D eigenvalue weighted by Gasteiger charge is 2.34. The molecule has 2 rings (SSSR count). The average molecular weight is 262 g/mol. The Kier molecular flexibility index (Phi) is 3.11. The number of fused-ring (bicyclic) bond motifs is 1. The summed E-state index contributed by atoms with van der Waals surface area (Å²) < 4.78 is 5.92. The molecular formula is C17H26O2. The molecule has 106 valence electrons. The first-order valence-corrected chi connectivity index (χ1v) is 7.08. The van der Waals surface area contributed by atoms with E-state index in [-0.39, 0.29) is 16.9 Å². The van der Waals surface area contributed by atoms with Gasteiger partial charge in [-0.25, -0.2) is 0 Å². The van der Waals surface area contributed by atoms with Gasteiger partial charge >= 0.3 is 0 Å². The van der Waals surface area contributed by atoms with Gasteiger partial charge in [0.2, 0.25) is 0 Å². The molecular weight excluding hydrogens is 236 g/mol. The van der Waals surface area contributed by atoms with Gasteiger partial charge in [0.25, 0.3) is 0 Å². The average Bonchev–Trinajstić information content (AvgIpc) is 2.52. The van der Waals surface area contributed by atoms with Crippen LogP contribution in [0.2, 0.25) is 0 Å². The summed E-state index contributed by atoms with van der Waals surface area (Å²) in [6.07, 6.45) is 1.09. The second-order valence-corrected chi connectivity index (χ2v) is 7.76. The maximum absolute atomic E-state index is 10.8. The number of phenols is 1. The SMILES string of the molecule is CC1Cc2c(cc(C(C)(C)C)c(O)c2C(C)(C)C)O1. The van der Waals surface area contributed by atoms with Crippen LogP contribution in [0.4, 0.5) is 0 Å². The molecule has 0 saturated heterocycles. The summed E-state index contributed by atoms with van der Waals surface area (Å²) in [5.74, 6) is 1.41. The highest BCUT2D eigenvalue weighted by Crippen LogP contribution is 2.47. The van der Waals surface area contributed by atoms with Gasteiger partial charge in [0, 0.05) is 23.1 Å². The first kappa shape index (κ1) is 14.2. The summed E-state index contributed by atoms with van der Waals surface area (Å²) >= 11 is 0. The molecule has 0 fully saturated rings. The predicted molar refractivity (Wildman–Crippen MR) is 79.3 cm³/mol. The van der Waals surface area contributed by atoms with Crippen LogP contribution in [0.25, 0.3) is 0 Å². The Hall–Kier alpha value is -1.18. The first-order chi connectivity index (χ1) is 8.51. The molecule has 0 radical (unpaired) electrons. The van der Waals surface area contributed by atoms with Crippen LogP contribution in [0.1, 0.15) is 65.2 Å². The van der Waals surface area contributed by atoms with E-state index in [0.717, 1.165) is 23.3 Å². The Bertz CT molecular complexity index is 501. The number of ether oxygens (including phenoxy) is 1. The van der Waals surface area contributed by atoms with Crippen molar-refractivity contribution >= 4 is 0 Å². The highest BCUT2D eigenvalue weighted by molar-refractivity contribution is 5.59. The van der Waals surface area contributed by atoms with Crippen LogP contribution in [0, 0.1) is 0 Å². The molecule has 2 heteroatoms. The van der Waals surface area contributed by atoms with Crippen molar-refractivity contribution in [2.24, 2.45) is 0 Å². The summed E-state index contributed by atoms with van der Waals surface area (Å²) in [6, 6.07) is 2.03. The normalized spacial score (nSPS) is 19.2. The van der Waals surface area contributed by atoms with Crippen molar-refractivity contribution < 1.29 is 9.84 Å². The molecule has 0 amide bonds. The van der Waals surface area contributed by atoms with Crippen molar-refractivity contribution in [2.45, 2.75) is 71.8 Å². The fourth-order valence-electron chi connectivity index (χ4n) is 2.92. The number of phenolic OH excluding ortho intramolecular Hbond substituents is 1. The topological polar surface area (TPSA) is 29.5 Å². The molecule has 0 spiro atoms. The van der Waals surface area contributed by atoms with E-state index >= 15 is 0 Å². The summed E-state index contributed by atoms with van der Waals surface area (Å²) in [6.45, 7) is 14.9. The third-order valence-electron chi connectivity index (χ3n) is 3.74. The molecule has 1 N–H and O–H groups in total.